The maximum absolute atomic E-state index is 13.5. The maximum atomic E-state index is 13.5. The number of anilines is 2. The van der Waals surface area contributed by atoms with Crippen molar-refractivity contribution in [2.45, 2.75) is 17.1 Å². The van der Waals surface area contributed by atoms with Crippen LogP contribution in [0.5, 0.6) is 0 Å². The third-order valence-electron chi connectivity index (χ3n) is 5.89. The summed E-state index contributed by atoms with van der Waals surface area (Å²) in [7, 11) is 0. The summed E-state index contributed by atoms with van der Waals surface area (Å²) in [5, 5.41) is 7.93. The molecule has 5 nitrogen and oxygen atoms in total. The van der Waals surface area contributed by atoms with E-state index in [1.54, 1.807) is 0 Å². The summed E-state index contributed by atoms with van der Waals surface area (Å²) in [6.07, 6.45) is 0. The van der Waals surface area contributed by atoms with Crippen molar-refractivity contribution in [3.63, 3.8) is 0 Å². The van der Waals surface area contributed by atoms with Crippen LogP contribution in [-0.2, 0) is 4.79 Å². The van der Waals surface area contributed by atoms with E-state index in [0.29, 0.717) is 16.4 Å². The van der Waals surface area contributed by atoms with Gasteiger partial charge < -0.3 is 10.6 Å². The highest BCUT2D eigenvalue weighted by atomic mass is 79.9. The quantitative estimate of drug-likeness (QED) is 0.172. The van der Waals surface area contributed by atoms with E-state index in [-0.39, 0.29) is 11.8 Å². The zero-order valence-electron chi connectivity index (χ0n) is 20.9. The summed E-state index contributed by atoms with van der Waals surface area (Å²) in [6, 6.07) is 32.5. The average Bonchev–Trinajstić information content (AvgIpc) is 3.42. The first-order valence-electron chi connectivity index (χ1n) is 12.2. The number of halogens is 1. The molecule has 1 aromatic heterocycles. The molecule has 194 valence electrons. The number of rotatable bonds is 8. The highest BCUT2D eigenvalue weighted by Crippen LogP contribution is 2.37. The third-order valence-corrected chi connectivity index (χ3v) is 8.45. The number of thioether (sulfide) groups is 1. The second-order valence-electron chi connectivity index (χ2n) is 8.79. The van der Waals surface area contributed by atoms with Crippen molar-refractivity contribution < 1.29 is 9.59 Å². The van der Waals surface area contributed by atoms with Crippen LogP contribution in [0.2, 0.25) is 0 Å². The molecule has 0 radical (unpaired) electrons. The van der Waals surface area contributed by atoms with Crippen LogP contribution in [0, 0.1) is 6.92 Å². The molecule has 1 heterocycles. The number of aryl methyl sites for hydroxylation is 1. The molecule has 0 saturated carbocycles. The van der Waals surface area contributed by atoms with Crippen molar-refractivity contribution in [2.75, 3.05) is 10.6 Å². The Morgan fingerprint density at radius 1 is 0.846 bits per heavy atom. The summed E-state index contributed by atoms with van der Waals surface area (Å²) in [6.45, 7) is 1.99. The summed E-state index contributed by atoms with van der Waals surface area (Å²) >= 11 is 6.30. The Kier molecular flexibility index (Phi) is 8.56. The number of carbonyl (C=O) groups is 2. The summed E-state index contributed by atoms with van der Waals surface area (Å²) in [5.74, 6) is -0.317. The predicted octanol–water partition coefficient (Wildman–Crippen LogP) is 8.61. The molecule has 8 heteroatoms. The van der Waals surface area contributed by atoms with Gasteiger partial charge in [0, 0.05) is 31.6 Å². The number of hydrogen-bond donors (Lipinski definition) is 2. The molecule has 0 bridgehead atoms. The molecule has 1 unspecified atom stereocenters. The van der Waals surface area contributed by atoms with Crippen molar-refractivity contribution in [2.24, 2.45) is 0 Å². The van der Waals surface area contributed by atoms with E-state index in [1.807, 2.05) is 115 Å². The van der Waals surface area contributed by atoms with E-state index in [0.717, 1.165) is 31.8 Å². The van der Waals surface area contributed by atoms with Gasteiger partial charge in [-0.15, -0.1) is 23.1 Å². The first-order valence-corrected chi connectivity index (χ1v) is 14.7. The first-order chi connectivity index (χ1) is 18.9. The van der Waals surface area contributed by atoms with Crippen LogP contribution >= 0.6 is 39.0 Å². The average molecular weight is 615 g/mol. The van der Waals surface area contributed by atoms with Crippen LogP contribution in [-0.4, -0.2) is 16.8 Å². The molecule has 2 N–H and O–H groups in total. The van der Waals surface area contributed by atoms with E-state index in [4.69, 9.17) is 0 Å². The lowest BCUT2D eigenvalue weighted by Crippen LogP contribution is -2.19. The Morgan fingerprint density at radius 2 is 1.54 bits per heavy atom. The van der Waals surface area contributed by atoms with Gasteiger partial charge in [0.1, 0.15) is 5.25 Å². The highest BCUT2D eigenvalue weighted by Gasteiger charge is 2.23. The molecule has 5 aromatic rings. The molecular weight excluding hydrogens is 590 g/mol. The van der Waals surface area contributed by atoms with E-state index in [1.165, 1.54) is 23.1 Å². The molecule has 39 heavy (non-hydrogen) atoms. The van der Waals surface area contributed by atoms with Gasteiger partial charge in [0.2, 0.25) is 5.91 Å². The largest absolute Gasteiger partial charge is 0.322 e. The topological polar surface area (TPSA) is 71.1 Å². The molecule has 5 rings (SSSR count). The van der Waals surface area contributed by atoms with Gasteiger partial charge >= 0.3 is 0 Å². The van der Waals surface area contributed by atoms with Crippen molar-refractivity contribution >= 4 is 61.7 Å². The molecule has 0 aliphatic rings. The lowest BCUT2D eigenvalue weighted by Gasteiger charge is -2.16. The molecule has 4 aromatic carbocycles. The Labute approximate surface area is 243 Å². The van der Waals surface area contributed by atoms with Gasteiger partial charge in [-0.25, -0.2) is 4.98 Å². The van der Waals surface area contributed by atoms with Gasteiger partial charge in [-0.2, -0.15) is 0 Å². The molecular formula is C31H24BrN3O2S2. The van der Waals surface area contributed by atoms with Crippen LogP contribution in [0.3, 0.4) is 0 Å². The normalized spacial score (nSPS) is 11.5. The smallest absolute Gasteiger partial charge is 0.255 e. The number of aromatic nitrogens is 1. The van der Waals surface area contributed by atoms with Crippen molar-refractivity contribution in [3.05, 3.63) is 130 Å². The number of carbonyl (C=O) groups excluding carboxylic acids is 2. The molecule has 1 atom stereocenters. The Balaban J connectivity index is 1.29. The zero-order valence-corrected chi connectivity index (χ0v) is 24.1. The SMILES string of the molecule is Cc1ccc(C(=O)Nc2ccc(SC(C(=O)Nc3nc(-c4ccc(Br)cc4)cs3)c3ccccc3)cc2)cc1. The summed E-state index contributed by atoms with van der Waals surface area (Å²) in [4.78, 5) is 31.6. The van der Waals surface area contributed by atoms with Gasteiger partial charge in [-0.1, -0.05) is 76.1 Å². The van der Waals surface area contributed by atoms with Gasteiger partial charge in [0.15, 0.2) is 5.13 Å². The number of amides is 2. The molecule has 2 amide bonds. The monoisotopic (exact) mass is 613 g/mol. The minimum atomic E-state index is -0.487. The second kappa shape index (κ2) is 12.4. The maximum Gasteiger partial charge on any atom is 0.255 e. The van der Waals surface area contributed by atoms with E-state index in [2.05, 4.69) is 31.5 Å². The summed E-state index contributed by atoms with van der Waals surface area (Å²) in [5.41, 5.74) is 5.08. The van der Waals surface area contributed by atoms with Crippen molar-refractivity contribution in [1.29, 1.82) is 0 Å². The Bertz CT molecular complexity index is 1570. The van der Waals surface area contributed by atoms with Gasteiger partial charge in [-0.3, -0.25) is 9.59 Å². The zero-order chi connectivity index (χ0) is 27.2. The predicted molar refractivity (Wildman–Crippen MR) is 164 cm³/mol. The van der Waals surface area contributed by atoms with Crippen molar-refractivity contribution in [1.82, 2.24) is 4.98 Å². The number of hydrogen-bond acceptors (Lipinski definition) is 5. The lowest BCUT2D eigenvalue weighted by molar-refractivity contribution is -0.115. The number of benzene rings is 4. The van der Waals surface area contributed by atoms with Gasteiger partial charge in [0.05, 0.1) is 5.69 Å². The van der Waals surface area contributed by atoms with Gasteiger partial charge in [-0.05, 0) is 61.0 Å². The van der Waals surface area contributed by atoms with Crippen LogP contribution in [0.25, 0.3) is 11.3 Å². The van der Waals surface area contributed by atoms with E-state index < -0.39 is 5.25 Å². The number of thiazole rings is 1. The number of nitrogens with zero attached hydrogens (tertiary/aromatic N) is 1. The van der Waals surface area contributed by atoms with Gasteiger partial charge in [0.25, 0.3) is 5.91 Å². The van der Waals surface area contributed by atoms with Crippen LogP contribution in [0.1, 0.15) is 26.7 Å². The van der Waals surface area contributed by atoms with Crippen LogP contribution < -0.4 is 10.6 Å². The van der Waals surface area contributed by atoms with Crippen molar-refractivity contribution in [3.8, 4) is 11.3 Å². The minimum absolute atomic E-state index is 0.153. The van der Waals surface area contributed by atoms with Crippen LogP contribution in [0.4, 0.5) is 10.8 Å². The second-order valence-corrected chi connectivity index (χ2v) is 11.7. The number of nitrogens with one attached hydrogen (secondary N) is 2. The third kappa shape index (κ3) is 7.03. The minimum Gasteiger partial charge on any atom is -0.322 e. The summed E-state index contributed by atoms with van der Waals surface area (Å²) < 4.78 is 0.999. The Hall–Kier alpha value is -3.72. The fourth-order valence-corrected chi connectivity index (χ4v) is 5.83. The van der Waals surface area contributed by atoms with E-state index in [9.17, 15) is 9.59 Å². The fourth-order valence-electron chi connectivity index (χ4n) is 3.82. The fraction of sp³-hybridized carbons (Fsp3) is 0.0645. The lowest BCUT2D eigenvalue weighted by atomic mass is 10.1. The molecule has 0 fully saturated rings. The highest BCUT2D eigenvalue weighted by molar-refractivity contribution is 9.10. The van der Waals surface area contributed by atoms with E-state index >= 15 is 0 Å². The molecule has 0 spiro atoms. The standard InChI is InChI=1S/C31H24BrN3O2S2/c1-20-7-9-23(10-8-20)29(36)33-25-15-17-26(18-16-25)39-28(22-5-3-2-4-6-22)30(37)35-31-34-27(19-38-31)21-11-13-24(32)14-12-21/h2-19,28H,1H3,(H,33,36)(H,34,35,37). The molecule has 0 aliphatic carbocycles. The van der Waals surface area contributed by atoms with Crippen LogP contribution in [0.15, 0.2) is 118 Å². The first kappa shape index (κ1) is 26.9. The molecule has 0 aliphatic heterocycles. The Morgan fingerprint density at radius 3 is 2.23 bits per heavy atom. The molecule has 0 saturated heterocycles.